The summed E-state index contributed by atoms with van der Waals surface area (Å²) in [7, 11) is 0. The number of halogens is 1. The van der Waals surface area contributed by atoms with Gasteiger partial charge in [0.15, 0.2) is 0 Å². The summed E-state index contributed by atoms with van der Waals surface area (Å²) < 4.78 is 19.2. The van der Waals surface area contributed by atoms with Crippen LogP contribution in [0.3, 0.4) is 0 Å². The number of carbonyl (C=O) groups is 1. The molecule has 1 aliphatic carbocycles. The minimum Gasteiger partial charge on any atom is -0.450 e. The van der Waals surface area contributed by atoms with Gasteiger partial charge in [-0.2, -0.15) is 0 Å². The lowest BCUT2D eigenvalue weighted by molar-refractivity contribution is -0.00294. The van der Waals surface area contributed by atoms with Crippen LogP contribution >= 0.6 is 0 Å². The molecule has 3 fully saturated rings. The van der Waals surface area contributed by atoms with Crippen LogP contribution in [-0.4, -0.2) is 82.8 Å². The van der Waals surface area contributed by atoms with Crippen molar-refractivity contribution in [3.63, 3.8) is 0 Å². The molecular weight excluding hydrogens is 423 g/mol. The topological polar surface area (TPSA) is 74.7 Å². The smallest absolute Gasteiger partial charge is 0.409 e. The number of aryl methyl sites for hydroxylation is 1. The highest BCUT2D eigenvalue weighted by Crippen LogP contribution is 2.47. The van der Waals surface area contributed by atoms with Crippen molar-refractivity contribution < 1.29 is 13.9 Å². The molecule has 2 aromatic heterocycles. The van der Waals surface area contributed by atoms with Gasteiger partial charge < -0.3 is 14.5 Å². The summed E-state index contributed by atoms with van der Waals surface area (Å²) in [4.78, 5) is 31.5. The third kappa shape index (κ3) is 4.26. The third-order valence-corrected chi connectivity index (χ3v) is 7.42. The highest BCUT2D eigenvalue weighted by Gasteiger charge is 2.51. The van der Waals surface area contributed by atoms with Gasteiger partial charge in [-0.15, -0.1) is 0 Å². The number of nitrogens with zero attached hydrogens (tertiary/aromatic N) is 6. The quantitative estimate of drug-likeness (QED) is 0.703. The second-order valence-electron chi connectivity index (χ2n) is 9.52. The number of pyridine rings is 1. The molecule has 0 bridgehead atoms. The van der Waals surface area contributed by atoms with Crippen LogP contribution in [0.1, 0.15) is 31.9 Å². The Labute approximate surface area is 193 Å². The van der Waals surface area contributed by atoms with Crippen LogP contribution in [0.15, 0.2) is 24.8 Å². The van der Waals surface area contributed by atoms with E-state index < -0.39 is 0 Å². The SMILES string of the molecule is CCOC(=O)N1CC2(CC[C@@H](N3CCN(c4ncc(F)cc4-c4cncnc4C)CC3)C2)C1. The first kappa shape index (κ1) is 22.0. The standard InChI is InChI=1S/C24H31FN6O2/c1-3-33-23(32)31-14-24(15-31)5-4-19(11-24)29-6-8-30(9-7-29)22-20(10-18(25)12-27-22)21-13-26-16-28-17(21)2/h10,12-13,16,19H,3-9,11,14-15H2,1-2H3/t19-/m1/s1. The van der Waals surface area contributed by atoms with E-state index in [9.17, 15) is 9.18 Å². The molecule has 5 rings (SSSR count). The van der Waals surface area contributed by atoms with E-state index in [0.717, 1.165) is 68.3 Å². The predicted molar refractivity (Wildman–Crippen MR) is 122 cm³/mol. The van der Waals surface area contributed by atoms with Crippen molar-refractivity contribution in [2.75, 3.05) is 50.8 Å². The number of hydrogen-bond acceptors (Lipinski definition) is 7. The van der Waals surface area contributed by atoms with Crippen LogP contribution in [0.5, 0.6) is 0 Å². The Morgan fingerprint density at radius 3 is 2.70 bits per heavy atom. The molecular formula is C24H31FN6O2. The molecule has 176 valence electrons. The third-order valence-electron chi connectivity index (χ3n) is 7.42. The summed E-state index contributed by atoms with van der Waals surface area (Å²) in [6.45, 7) is 9.41. The van der Waals surface area contributed by atoms with Crippen molar-refractivity contribution in [3.05, 3.63) is 36.3 Å². The van der Waals surface area contributed by atoms with Gasteiger partial charge in [0, 0.05) is 73.7 Å². The van der Waals surface area contributed by atoms with E-state index in [1.807, 2.05) is 18.7 Å². The number of anilines is 1. The normalized spacial score (nSPS) is 22.5. The van der Waals surface area contributed by atoms with E-state index in [-0.39, 0.29) is 17.3 Å². The highest BCUT2D eigenvalue weighted by atomic mass is 19.1. The first-order chi connectivity index (χ1) is 16.0. The number of rotatable bonds is 4. The lowest BCUT2D eigenvalue weighted by Gasteiger charge is -2.48. The molecule has 4 heterocycles. The molecule has 33 heavy (non-hydrogen) atoms. The molecule has 2 aliphatic heterocycles. The fourth-order valence-electron chi connectivity index (χ4n) is 5.72. The van der Waals surface area contributed by atoms with E-state index in [4.69, 9.17) is 4.74 Å². The van der Waals surface area contributed by atoms with E-state index in [1.165, 1.54) is 31.4 Å². The summed E-state index contributed by atoms with van der Waals surface area (Å²) in [5.41, 5.74) is 2.64. The van der Waals surface area contributed by atoms with Crippen molar-refractivity contribution in [1.29, 1.82) is 0 Å². The van der Waals surface area contributed by atoms with Crippen molar-refractivity contribution in [2.24, 2.45) is 5.41 Å². The minimum atomic E-state index is -0.357. The fraction of sp³-hybridized carbons (Fsp3) is 0.583. The fourth-order valence-corrected chi connectivity index (χ4v) is 5.72. The number of hydrogen-bond donors (Lipinski definition) is 0. The summed E-state index contributed by atoms with van der Waals surface area (Å²) in [6, 6.07) is 2.09. The molecule has 1 spiro atoms. The van der Waals surface area contributed by atoms with E-state index in [2.05, 4.69) is 24.8 Å². The van der Waals surface area contributed by atoms with Crippen molar-refractivity contribution >= 4 is 11.9 Å². The monoisotopic (exact) mass is 454 g/mol. The molecule has 0 N–H and O–H groups in total. The number of ether oxygens (including phenoxy) is 1. The molecule has 9 heteroatoms. The van der Waals surface area contributed by atoms with Crippen LogP contribution in [0.4, 0.5) is 15.0 Å². The molecule has 3 aliphatic rings. The first-order valence-electron chi connectivity index (χ1n) is 11.8. The summed E-state index contributed by atoms with van der Waals surface area (Å²) in [5.74, 6) is 0.435. The summed E-state index contributed by atoms with van der Waals surface area (Å²) >= 11 is 0. The lowest BCUT2D eigenvalue weighted by Crippen LogP contribution is -2.58. The second kappa shape index (κ2) is 8.85. The number of likely N-dealkylation sites (tertiary alicyclic amines) is 1. The van der Waals surface area contributed by atoms with Gasteiger partial charge in [0.25, 0.3) is 0 Å². The van der Waals surface area contributed by atoms with E-state index >= 15 is 0 Å². The predicted octanol–water partition coefficient (Wildman–Crippen LogP) is 3.12. The van der Waals surface area contributed by atoms with Gasteiger partial charge in [0.2, 0.25) is 0 Å². The molecule has 1 atom stereocenters. The lowest BCUT2D eigenvalue weighted by atomic mass is 9.78. The maximum atomic E-state index is 14.1. The number of carbonyl (C=O) groups excluding carboxylic acids is 1. The Balaban J connectivity index is 1.22. The Bertz CT molecular complexity index is 1020. The molecule has 2 aromatic rings. The second-order valence-corrected chi connectivity index (χ2v) is 9.52. The molecule has 0 radical (unpaired) electrons. The highest BCUT2D eigenvalue weighted by molar-refractivity contribution is 5.76. The molecule has 1 amide bonds. The molecule has 1 saturated carbocycles. The van der Waals surface area contributed by atoms with Crippen LogP contribution in [-0.2, 0) is 4.74 Å². The number of piperazine rings is 1. The molecule has 8 nitrogen and oxygen atoms in total. The Morgan fingerprint density at radius 2 is 1.97 bits per heavy atom. The van der Waals surface area contributed by atoms with Gasteiger partial charge in [0.1, 0.15) is 18.0 Å². The van der Waals surface area contributed by atoms with Gasteiger partial charge in [-0.05, 0) is 39.2 Å². The average molecular weight is 455 g/mol. The Hall–Kier alpha value is -2.81. The maximum absolute atomic E-state index is 14.1. The van der Waals surface area contributed by atoms with Crippen molar-refractivity contribution in [2.45, 2.75) is 39.2 Å². The van der Waals surface area contributed by atoms with Crippen LogP contribution in [0, 0.1) is 18.2 Å². The van der Waals surface area contributed by atoms with Crippen molar-refractivity contribution in [3.8, 4) is 11.1 Å². The average Bonchev–Trinajstić information content (AvgIpc) is 3.25. The molecule has 2 saturated heterocycles. The van der Waals surface area contributed by atoms with Gasteiger partial charge >= 0.3 is 6.09 Å². The van der Waals surface area contributed by atoms with Crippen LogP contribution < -0.4 is 4.90 Å². The molecule has 0 unspecified atom stereocenters. The van der Waals surface area contributed by atoms with Gasteiger partial charge in [-0.1, -0.05) is 0 Å². The van der Waals surface area contributed by atoms with Gasteiger partial charge in [-0.3, -0.25) is 4.90 Å². The summed E-state index contributed by atoms with van der Waals surface area (Å²) in [6.07, 6.45) is 7.84. The zero-order chi connectivity index (χ0) is 23.0. The van der Waals surface area contributed by atoms with Crippen molar-refractivity contribution in [1.82, 2.24) is 24.8 Å². The largest absolute Gasteiger partial charge is 0.450 e. The first-order valence-corrected chi connectivity index (χ1v) is 11.8. The Morgan fingerprint density at radius 1 is 1.18 bits per heavy atom. The number of aromatic nitrogens is 3. The zero-order valence-electron chi connectivity index (χ0n) is 19.3. The van der Waals surface area contributed by atoms with Crippen LogP contribution in [0.25, 0.3) is 11.1 Å². The molecule has 0 aromatic carbocycles. The van der Waals surface area contributed by atoms with Gasteiger partial charge in [-0.25, -0.2) is 24.1 Å². The van der Waals surface area contributed by atoms with E-state index in [1.54, 1.807) is 6.20 Å². The minimum absolute atomic E-state index is 0.179. The number of amides is 1. The van der Waals surface area contributed by atoms with Gasteiger partial charge in [0.05, 0.1) is 12.8 Å². The maximum Gasteiger partial charge on any atom is 0.409 e. The Kier molecular flexibility index (Phi) is 5.90. The zero-order valence-corrected chi connectivity index (χ0v) is 19.3. The van der Waals surface area contributed by atoms with E-state index in [0.29, 0.717) is 12.6 Å². The van der Waals surface area contributed by atoms with Crippen LogP contribution in [0.2, 0.25) is 0 Å². The summed E-state index contributed by atoms with van der Waals surface area (Å²) in [5, 5.41) is 0.